The number of ketones is 1. The van der Waals surface area contributed by atoms with Gasteiger partial charge in [-0.15, -0.1) is 0 Å². The Labute approximate surface area is 168 Å². The van der Waals surface area contributed by atoms with Gasteiger partial charge in [0.1, 0.15) is 17.1 Å². The highest BCUT2D eigenvalue weighted by Gasteiger charge is 2.24. The molecule has 0 saturated carbocycles. The van der Waals surface area contributed by atoms with Gasteiger partial charge in [-0.05, 0) is 40.2 Å². The van der Waals surface area contributed by atoms with E-state index in [1.165, 1.54) is 13.2 Å². The molecule has 28 heavy (non-hydrogen) atoms. The van der Waals surface area contributed by atoms with Gasteiger partial charge in [-0.2, -0.15) is 5.10 Å². The summed E-state index contributed by atoms with van der Waals surface area (Å²) < 4.78 is 7.20. The van der Waals surface area contributed by atoms with Gasteiger partial charge >= 0.3 is 5.97 Å². The minimum atomic E-state index is -0.596. The summed E-state index contributed by atoms with van der Waals surface area (Å²) in [5.41, 5.74) is 2.67. The number of ether oxygens (including phenoxy) is 1. The number of nitrogens with zero attached hydrogens (tertiary/aromatic N) is 3. The number of benzene rings is 1. The molecule has 3 heterocycles. The van der Waals surface area contributed by atoms with Crippen LogP contribution in [0.25, 0.3) is 16.8 Å². The molecular formula is C21H14BrN3O3. The van der Waals surface area contributed by atoms with Crippen LogP contribution in [-0.2, 0) is 4.74 Å². The maximum atomic E-state index is 13.4. The summed E-state index contributed by atoms with van der Waals surface area (Å²) in [4.78, 5) is 29.4. The summed E-state index contributed by atoms with van der Waals surface area (Å²) in [6.07, 6.45) is 1.79. The minimum absolute atomic E-state index is 0.0776. The fourth-order valence-corrected chi connectivity index (χ4v) is 3.28. The summed E-state index contributed by atoms with van der Waals surface area (Å²) in [7, 11) is 1.27. The summed E-state index contributed by atoms with van der Waals surface area (Å²) in [5, 5.41) is 4.61. The standard InChI is InChI=1S/C21H14BrN3O3/c1-28-21(27)16-9-5-8-15(23-16)20(26)18-17-11-10-14(22)12-25(17)24-19(18)13-6-3-2-4-7-13/h2-12H,1H3. The van der Waals surface area contributed by atoms with Crippen molar-refractivity contribution >= 4 is 33.2 Å². The number of esters is 1. The first-order valence-corrected chi connectivity index (χ1v) is 9.21. The van der Waals surface area contributed by atoms with Crippen molar-refractivity contribution in [3.63, 3.8) is 0 Å². The second-order valence-corrected chi connectivity index (χ2v) is 6.91. The molecule has 0 radical (unpaired) electrons. The molecule has 4 rings (SSSR count). The Balaban J connectivity index is 1.92. The van der Waals surface area contributed by atoms with Crippen molar-refractivity contribution in [1.82, 2.24) is 14.6 Å². The first kappa shape index (κ1) is 18.1. The Morgan fingerprint density at radius 3 is 2.46 bits per heavy atom. The normalized spacial score (nSPS) is 10.8. The molecule has 4 aromatic rings. The van der Waals surface area contributed by atoms with E-state index in [0.29, 0.717) is 16.8 Å². The Kier molecular flexibility index (Phi) is 4.75. The van der Waals surface area contributed by atoms with Crippen LogP contribution >= 0.6 is 15.9 Å². The van der Waals surface area contributed by atoms with E-state index in [1.54, 1.807) is 22.8 Å². The van der Waals surface area contributed by atoms with Crippen molar-refractivity contribution in [3.8, 4) is 11.3 Å². The fraction of sp³-hybridized carbons (Fsp3) is 0.0476. The van der Waals surface area contributed by atoms with Crippen LogP contribution in [0.15, 0.2) is 71.3 Å². The monoisotopic (exact) mass is 435 g/mol. The number of fused-ring (bicyclic) bond motifs is 1. The van der Waals surface area contributed by atoms with Crippen LogP contribution in [0, 0.1) is 0 Å². The van der Waals surface area contributed by atoms with E-state index in [4.69, 9.17) is 4.74 Å². The molecule has 6 nitrogen and oxygen atoms in total. The third-order valence-electron chi connectivity index (χ3n) is 4.24. The lowest BCUT2D eigenvalue weighted by Crippen LogP contribution is -2.10. The van der Waals surface area contributed by atoms with Crippen molar-refractivity contribution in [3.05, 3.63) is 88.3 Å². The van der Waals surface area contributed by atoms with Gasteiger partial charge in [-0.3, -0.25) is 4.79 Å². The zero-order valence-electron chi connectivity index (χ0n) is 14.8. The molecule has 3 aromatic heterocycles. The first-order chi connectivity index (χ1) is 13.6. The fourth-order valence-electron chi connectivity index (χ4n) is 2.95. The van der Waals surface area contributed by atoms with Crippen LogP contribution in [0.4, 0.5) is 0 Å². The Morgan fingerprint density at radius 1 is 0.964 bits per heavy atom. The van der Waals surface area contributed by atoms with Gasteiger partial charge in [-0.1, -0.05) is 36.4 Å². The summed E-state index contributed by atoms with van der Waals surface area (Å²) in [6, 6.07) is 17.8. The number of rotatable bonds is 4. The number of hydrogen-bond donors (Lipinski definition) is 0. The van der Waals surface area contributed by atoms with Crippen molar-refractivity contribution in [2.75, 3.05) is 7.11 Å². The molecule has 7 heteroatoms. The number of aromatic nitrogens is 3. The number of hydrogen-bond acceptors (Lipinski definition) is 5. The van der Waals surface area contributed by atoms with Gasteiger partial charge in [0.25, 0.3) is 0 Å². The highest BCUT2D eigenvalue weighted by molar-refractivity contribution is 9.10. The highest BCUT2D eigenvalue weighted by atomic mass is 79.9. The molecule has 138 valence electrons. The lowest BCUT2D eigenvalue weighted by atomic mass is 10.0. The van der Waals surface area contributed by atoms with Crippen LogP contribution in [-0.4, -0.2) is 33.5 Å². The van der Waals surface area contributed by atoms with Crippen LogP contribution in [0.3, 0.4) is 0 Å². The van der Waals surface area contributed by atoms with E-state index < -0.39 is 5.97 Å². The molecule has 0 saturated heterocycles. The zero-order valence-corrected chi connectivity index (χ0v) is 16.4. The third-order valence-corrected chi connectivity index (χ3v) is 4.71. The lowest BCUT2D eigenvalue weighted by molar-refractivity contribution is 0.0594. The van der Waals surface area contributed by atoms with Gasteiger partial charge in [0.15, 0.2) is 0 Å². The maximum absolute atomic E-state index is 13.4. The van der Waals surface area contributed by atoms with Crippen LogP contribution in [0.2, 0.25) is 0 Å². The molecule has 0 aliphatic carbocycles. The highest BCUT2D eigenvalue weighted by Crippen LogP contribution is 2.29. The Hall–Kier alpha value is -3.32. The van der Waals surface area contributed by atoms with Gasteiger partial charge in [0.05, 0.1) is 18.2 Å². The van der Waals surface area contributed by atoms with Crippen molar-refractivity contribution in [1.29, 1.82) is 0 Å². The summed E-state index contributed by atoms with van der Waals surface area (Å²) >= 11 is 3.43. The predicted molar refractivity (Wildman–Crippen MR) is 107 cm³/mol. The molecule has 0 aliphatic rings. The molecular weight excluding hydrogens is 422 g/mol. The largest absolute Gasteiger partial charge is 0.464 e. The van der Waals surface area contributed by atoms with Crippen molar-refractivity contribution < 1.29 is 14.3 Å². The molecule has 1 aromatic carbocycles. The van der Waals surface area contributed by atoms with Crippen LogP contribution < -0.4 is 0 Å². The number of carbonyl (C=O) groups is 2. The molecule has 0 unspecified atom stereocenters. The molecule has 0 amide bonds. The minimum Gasteiger partial charge on any atom is -0.464 e. The second-order valence-electron chi connectivity index (χ2n) is 6.00. The van der Waals surface area contributed by atoms with Gasteiger partial charge < -0.3 is 4.74 Å². The summed E-state index contributed by atoms with van der Waals surface area (Å²) in [5.74, 6) is -0.913. The zero-order chi connectivity index (χ0) is 19.7. The number of carbonyl (C=O) groups excluding carboxylic acids is 2. The predicted octanol–water partition coefficient (Wildman–Crippen LogP) is 4.18. The average Bonchev–Trinajstić information content (AvgIpc) is 3.11. The quantitative estimate of drug-likeness (QED) is 0.355. The van der Waals surface area contributed by atoms with E-state index in [-0.39, 0.29) is 17.2 Å². The first-order valence-electron chi connectivity index (χ1n) is 8.42. The van der Waals surface area contributed by atoms with E-state index in [2.05, 4.69) is 26.0 Å². The molecule has 0 fully saturated rings. The SMILES string of the molecule is COC(=O)c1cccc(C(=O)c2c(-c3ccccc3)nn3cc(Br)ccc23)n1. The molecule has 0 aliphatic heterocycles. The van der Waals surface area contributed by atoms with Crippen molar-refractivity contribution in [2.24, 2.45) is 0 Å². The number of halogens is 1. The average molecular weight is 436 g/mol. The van der Waals surface area contributed by atoms with Gasteiger partial charge in [-0.25, -0.2) is 14.3 Å². The summed E-state index contributed by atoms with van der Waals surface area (Å²) in [6.45, 7) is 0. The number of pyridine rings is 2. The van der Waals surface area contributed by atoms with Gasteiger partial charge in [0.2, 0.25) is 5.78 Å². The number of methoxy groups -OCH3 is 1. The molecule has 0 N–H and O–H groups in total. The van der Waals surface area contributed by atoms with Gasteiger partial charge in [0, 0.05) is 16.2 Å². The van der Waals surface area contributed by atoms with Crippen LogP contribution in [0.1, 0.15) is 26.5 Å². The topological polar surface area (TPSA) is 73.6 Å². The lowest BCUT2D eigenvalue weighted by Gasteiger charge is -2.05. The van der Waals surface area contributed by atoms with E-state index in [1.807, 2.05) is 42.5 Å². The van der Waals surface area contributed by atoms with E-state index >= 15 is 0 Å². The third kappa shape index (κ3) is 3.20. The van der Waals surface area contributed by atoms with E-state index in [0.717, 1.165) is 10.0 Å². The Morgan fingerprint density at radius 2 is 1.71 bits per heavy atom. The van der Waals surface area contributed by atoms with E-state index in [9.17, 15) is 9.59 Å². The van der Waals surface area contributed by atoms with Crippen LogP contribution in [0.5, 0.6) is 0 Å². The smallest absolute Gasteiger partial charge is 0.356 e. The Bertz CT molecular complexity index is 1200. The molecule has 0 spiro atoms. The molecule has 0 bridgehead atoms. The second kappa shape index (κ2) is 7.36. The van der Waals surface area contributed by atoms with Crippen molar-refractivity contribution in [2.45, 2.75) is 0 Å². The molecule has 0 atom stereocenters. The maximum Gasteiger partial charge on any atom is 0.356 e.